The average Bonchev–Trinajstić information content (AvgIpc) is 2.90. The monoisotopic (exact) mass is 472 g/mol. The van der Waals surface area contributed by atoms with Crippen molar-refractivity contribution in [3.05, 3.63) is 95.6 Å². The number of methoxy groups -OCH3 is 1. The number of ether oxygens (including phenoxy) is 2. The van der Waals surface area contributed by atoms with E-state index in [2.05, 4.69) is 44.6 Å². The van der Waals surface area contributed by atoms with Crippen molar-refractivity contribution >= 4 is 12.1 Å². The van der Waals surface area contributed by atoms with Crippen LogP contribution in [-0.2, 0) is 17.9 Å². The first kappa shape index (κ1) is 24.4. The normalized spacial score (nSPS) is 14.7. The summed E-state index contributed by atoms with van der Waals surface area (Å²) in [4.78, 5) is 17.0. The van der Waals surface area contributed by atoms with E-state index in [-0.39, 0.29) is 5.91 Å². The van der Waals surface area contributed by atoms with Gasteiger partial charge in [-0.1, -0.05) is 60.7 Å². The van der Waals surface area contributed by atoms with Gasteiger partial charge in [0, 0.05) is 32.7 Å². The molecule has 4 rings (SSSR count). The molecule has 1 N–H and O–H groups in total. The lowest BCUT2D eigenvalue weighted by Gasteiger charge is -2.34. The predicted octanol–water partition coefficient (Wildman–Crippen LogP) is 3.54. The third-order valence-corrected chi connectivity index (χ3v) is 5.91. The van der Waals surface area contributed by atoms with Crippen LogP contribution in [0.1, 0.15) is 16.7 Å². The molecular weight excluding hydrogens is 440 g/mol. The van der Waals surface area contributed by atoms with Crippen molar-refractivity contribution < 1.29 is 14.3 Å². The van der Waals surface area contributed by atoms with Crippen molar-refractivity contribution in [2.75, 3.05) is 39.8 Å². The molecule has 0 radical (unpaired) electrons. The highest BCUT2D eigenvalue weighted by molar-refractivity contribution is 5.83. The SMILES string of the molecule is COc1ccc(C=NNC(=O)CN2CCN(Cc3ccccc3)CC2)cc1OCc1ccccc1. The summed E-state index contributed by atoms with van der Waals surface area (Å²) in [5.74, 6) is 1.15. The number of benzene rings is 3. The fraction of sp³-hybridized carbons (Fsp3) is 0.286. The van der Waals surface area contributed by atoms with Gasteiger partial charge in [0.2, 0.25) is 0 Å². The van der Waals surface area contributed by atoms with Gasteiger partial charge in [0.1, 0.15) is 6.61 Å². The summed E-state index contributed by atoms with van der Waals surface area (Å²) in [7, 11) is 1.61. The molecule has 1 heterocycles. The second kappa shape index (κ2) is 12.7. The first-order chi connectivity index (χ1) is 17.2. The van der Waals surface area contributed by atoms with Crippen LogP contribution in [-0.4, -0.2) is 61.8 Å². The predicted molar refractivity (Wildman–Crippen MR) is 138 cm³/mol. The van der Waals surface area contributed by atoms with Crippen molar-refractivity contribution in [3.8, 4) is 11.5 Å². The number of carbonyl (C=O) groups excluding carboxylic acids is 1. The van der Waals surface area contributed by atoms with Crippen LogP contribution in [0.15, 0.2) is 84.0 Å². The van der Waals surface area contributed by atoms with Gasteiger partial charge in [-0.3, -0.25) is 14.6 Å². The van der Waals surface area contributed by atoms with E-state index in [9.17, 15) is 4.79 Å². The highest BCUT2D eigenvalue weighted by atomic mass is 16.5. The number of nitrogens with one attached hydrogen (secondary N) is 1. The van der Waals surface area contributed by atoms with Crippen LogP contribution in [0.5, 0.6) is 11.5 Å². The average molecular weight is 473 g/mol. The maximum Gasteiger partial charge on any atom is 0.254 e. The molecule has 0 spiro atoms. The van der Waals surface area contributed by atoms with E-state index < -0.39 is 0 Å². The summed E-state index contributed by atoms with van der Waals surface area (Å²) in [6.45, 7) is 5.35. The molecule has 1 saturated heterocycles. The number of carbonyl (C=O) groups is 1. The topological polar surface area (TPSA) is 66.4 Å². The second-order valence-electron chi connectivity index (χ2n) is 8.52. The lowest BCUT2D eigenvalue weighted by molar-refractivity contribution is -0.122. The van der Waals surface area contributed by atoms with Gasteiger partial charge in [0.15, 0.2) is 11.5 Å². The lowest BCUT2D eigenvalue weighted by Crippen LogP contribution is -2.48. The third-order valence-electron chi connectivity index (χ3n) is 5.91. The Balaban J connectivity index is 1.22. The number of rotatable bonds is 10. The van der Waals surface area contributed by atoms with Gasteiger partial charge in [0.25, 0.3) is 5.91 Å². The fourth-order valence-electron chi connectivity index (χ4n) is 3.99. The Bertz CT molecular complexity index is 1100. The standard InChI is InChI=1S/C28H32N4O3/c1-34-26-13-12-25(18-27(26)35-22-24-10-6-3-7-11-24)19-29-30-28(33)21-32-16-14-31(15-17-32)20-23-8-4-2-5-9-23/h2-13,18-19H,14-17,20-22H2,1H3,(H,30,33). The summed E-state index contributed by atoms with van der Waals surface area (Å²) in [5.41, 5.74) is 5.84. The van der Waals surface area contributed by atoms with E-state index in [1.807, 2.05) is 54.6 Å². The van der Waals surface area contributed by atoms with E-state index >= 15 is 0 Å². The number of amides is 1. The molecule has 0 bridgehead atoms. The summed E-state index contributed by atoms with van der Waals surface area (Å²) < 4.78 is 11.4. The Kier molecular flexibility index (Phi) is 8.86. The quantitative estimate of drug-likeness (QED) is 0.361. The molecule has 1 amide bonds. The van der Waals surface area contributed by atoms with Gasteiger partial charge in [-0.25, -0.2) is 5.43 Å². The number of hydrogen-bond donors (Lipinski definition) is 1. The molecular formula is C28H32N4O3. The van der Waals surface area contributed by atoms with E-state index in [0.29, 0.717) is 24.7 Å². The molecule has 0 saturated carbocycles. The highest BCUT2D eigenvalue weighted by Gasteiger charge is 2.18. The van der Waals surface area contributed by atoms with Crippen molar-refractivity contribution in [1.29, 1.82) is 0 Å². The molecule has 1 aliphatic heterocycles. The van der Waals surface area contributed by atoms with E-state index in [1.165, 1.54) is 5.56 Å². The second-order valence-corrected chi connectivity index (χ2v) is 8.52. The summed E-state index contributed by atoms with van der Waals surface area (Å²) in [6.07, 6.45) is 1.62. The van der Waals surface area contributed by atoms with E-state index in [4.69, 9.17) is 9.47 Å². The van der Waals surface area contributed by atoms with Gasteiger partial charge in [-0.15, -0.1) is 0 Å². The molecule has 7 heteroatoms. The zero-order valence-corrected chi connectivity index (χ0v) is 20.1. The Labute approximate surface area is 207 Å². The lowest BCUT2D eigenvalue weighted by atomic mass is 10.2. The third kappa shape index (κ3) is 7.67. The Hall–Kier alpha value is -3.68. The van der Waals surface area contributed by atoms with E-state index in [1.54, 1.807) is 13.3 Å². The van der Waals surface area contributed by atoms with Crippen LogP contribution in [0.4, 0.5) is 0 Å². The largest absolute Gasteiger partial charge is 0.493 e. The van der Waals surface area contributed by atoms with Crippen LogP contribution >= 0.6 is 0 Å². The molecule has 0 atom stereocenters. The van der Waals surface area contributed by atoms with Crippen molar-refractivity contribution in [2.24, 2.45) is 5.10 Å². The van der Waals surface area contributed by atoms with Crippen LogP contribution in [0, 0.1) is 0 Å². The van der Waals surface area contributed by atoms with Crippen LogP contribution in [0.3, 0.4) is 0 Å². The Morgan fingerprint density at radius 3 is 2.23 bits per heavy atom. The molecule has 3 aromatic rings. The fourth-order valence-corrected chi connectivity index (χ4v) is 3.99. The molecule has 182 valence electrons. The van der Waals surface area contributed by atoms with Gasteiger partial charge in [-0.2, -0.15) is 5.10 Å². The first-order valence-electron chi connectivity index (χ1n) is 11.8. The zero-order valence-electron chi connectivity index (χ0n) is 20.1. The molecule has 3 aromatic carbocycles. The smallest absolute Gasteiger partial charge is 0.254 e. The van der Waals surface area contributed by atoms with Crippen molar-refractivity contribution in [2.45, 2.75) is 13.2 Å². The summed E-state index contributed by atoms with van der Waals surface area (Å²) >= 11 is 0. The van der Waals surface area contributed by atoms with Crippen LogP contribution in [0.25, 0.3) is 0 Å². The molecule has 7 nitrogen and oxygen atoms in total. The minimum absolute atomic E-state index is 0.119. The molecule has 1 aliphatic rings. The number of piperazine rings is 1. The minimum Gasteiger partial charge on any atom is -0.493 e. The maximum absolute atomic E-state index is 12.4. The Morgan fingerprint density at radius 2 is 1.54 bits per heavy atom. The van der Waals surface area contributed by atoms with Crippen LogP contribution < -0.4 is 14.9 Å². The number of hydrogen-bond acceptors (Lipinski definition) is 6. The number of hydrazone groups is 1. The van der Waals surface area contributed by atoms with Gasteiger partial charge in [0.05, 0.1) is 19.9 Å². The first-order valence-corrected chi connectivity index (χ1v) is 11.8. The van der Waals surface area contributed by atoms with Crippen LogP contribution in [0.2, 0.25) is 0 Å². The van der Waals surface area contributed by atoms with Gasteiger partial charge in [-0.05, 0) is 34.9 Å². The summed E-state index contributed by atoms with van der Waals surface area (Å²) in [5, 5.41) is 4.13. The number of nitrogens with zero attached hydrogens (tertiary/aromatic N) is 3. The minimum atomic E-state index is -0.119. The zero-order chi connectivity index (χ0) is 24.3. The van der Waals surface area contributed by atoms with Crippen molar-refractivity contribution in [1.82, 2.24) is 15.2 Å². The summed E-state index contributed by atoms with van der Waals surface area (Å²) in [6, 6.07) is 26.0. The molecule has 0 aliphatic carbocycles. The van der Waals surface area contributed by atoms with E-state index in [0.717, 1.165) is 43.9 Å². The molecule has 0 unspecified atom stereocenters. The van der Waals surface area contributed by atoms with Crippen molar-refractivity contribution in [3.63, 3.8) is 0 Å². The van der Waals surface area contributed by atoms with Gasteiger partial charge >= 0.3 is 0 Å². The van der Waals surface area contributed by atoms with Gasteiger partial charge < -0.3 is 9.47 Å². The molecule has 35 heavy (non-hydrogen) atoms. The Morgan fingerprint density at radius 1 is 0.886 bits per heavy atom. The molecule has 1 fully saturated rings. The molecule has 0 aromatic heterocycles. The highest BCUT2D eigenvalue weighted by Crippen LogP contribution is 2.28. The maximum atomic E-state index is 12.4.